The fraction of sp³-hybridized carbons (Fsp3) is 1.00. The summed E-state index contributed by atoms with van der Waals surface area (Å²) in [4.78, 5) is 0. The molecule has 0 aromatic rings. The second kappa shape index (κ2) is 29.6. The van der Waals surface area contributed by atoms with Crippen molar-refractivity contribution in [1.29, 1.82) is 0 Å². The Bertz CT molecular complexity index is 1290. The van der Waals surface area contributed by atoms with Crippen molar-refractivity contribution in [1.82, 2.24) is 0 Å². The van der Waals surface area contributed by atoms with Crippen molar-refractivity contribution in [3.05, 3.63) is 0 Å². The van der Waals surface area contributed by atoms with Crippen LogP contribution in [0.25, 0.3) is 0 Å². The van der Waals surface area contributed by atoms with Gasteiger partial charge >= 0.3 is 0 Å². The van der Waals surface area contributed by atoms with E-state index in [1.807, 2.05) is 0 Å². The fourth-order valence-corrected chi connectivity index (χ4v) is 13.3. The molecular formula is C64H134N6O2. The van der Waals surface area contributed by atoms with Gasteiger partial charge in [-0.2, -0.15) is 0 Å². The van der Waals surface area contributed by atoms with Crippen molar-refractivity contribution < 1.29 is 10.2 Å². The highest BCUT2D eigenvalue weighted by Crippen LogP contribution is 2.43. The smallest absolute Gasteiger partial charge is 0.0716 e. The van der Waals surface area contributed by atoms with Crippen LogP contribution in [0.2, 0.25) is 0 Å². The summed E-state index contributed by atoms with van der Waals surface area (Å²) in [5.41, 5.74) is 38.2. The van der Waals surface area contributed by atoms with E-state index in [4.69, 9.17) is 34.4 Å². The van der Waals surface area contributed by atoms with Gasteiger partial charge in [-0.15, -0.1) is 0 Å². The Morgan fingerprint density at radius 1 is 0.278 bits per heavy atom. The van der Waals surface area contributed by atoms with Crippen LogP contribution < -0.4 is 34.4 Å². The molecule has 0 bridgehead atoms. The van der Waals surface area contributed by atoms with Gasteiger partial charge in [0, 0.05) is 36.3 Å². The third-order valence-electron chi connectivity index (χ3n) is 19.2. The summed E-state index contributed by atoms with van der Waals surface area (Å²) in [7, 11) is 0. The van der Waals surface area contributed by atoms with Crippen molar-refractivity contribution in [3.63, 3.8) is 0 Å². The van der Waals surface area contributed by atoms with Crippen molar-refractivity contribution in [2.45, 2.75) is 316 Å². The molecule has 432 valence electrons. The van der Waals surface area contributed by atoms with Gasteiger partial charge in [0.15, 0.2) is 0 Å². The van der Waals surface area contributed by atoms with Gasteiger partial charge in [0.2, 0.25) is 0 Å². The molecule has 72 heavy (non-hydrogen) atoms. The molecule has 8 nitrogen and oxygen atoms in total. The van der Waals surface area contributed by atoms with E-state index in [0.29, 0.717) is 80.3 Å². The zero-order chi connectivity index (χ0) is 56.1. The molecule has 0 saturated heterocycles. The average Bonchev–Trinajstić information content (AvgIpc) is 3.20. The first-order valence-electron chi connectivity index (χ1n) is 30.3. The number of hydrogen-bond acceptors (Lipinski definition) is 8. The van der Waals surface area contributed by atoms with Crippen LogP contribution in [0.4, 0.5) is 0 Å². The van der Waals surface area contributed by atoms with E-state index < -0.39 is 0 Å². The first-order valence-corrected chi connectivity index (χ1v) is 30.3. The van der Waals surface area contributed by atoms with Crippen LogP contribution in [0.5, 0.6) is 0 Å². The van der Waals surface area contributed by atoms with Gasteiger partial charge < -0.3 is 44.6 Å². The van der Waals surface area contributed by atoms with E-state index in [2.05, 4.69) is 152 Å². The predicted molar refractivity (Wildman–Crippen MR) is 317 cm³/mol. The van der Waals surface area contributed by atoms with Gasteiger partial charge in [-0.05, 0) is 194 Å². The monoisotopic (exact) mass is 1020 g/mol. The zero-order valence-electron chi connectivity index (χ0n) is 52.5. The van der Waals surface area contributed by atoms with E-state index in [1.54, 1.807) is 0 Å². The standard InChI is InChI=1S/2C11H23NO.2C11H23N.2C10H21N/c2*1-7-5-8(11(2,3)4)6-9(12)10(7)13;2*1-8-5-9(11(2,3)4)7-10(12)6-8;2*1-10(2,3)8-5-4-6-9(11)7-8/h2*7-10,13H,5-6,12H2,1-4H3;2*8-10H,5-7,12H2,1-4H3;2*8-9H,4-7,11H2,1-3H3/t7-,8+,9+,10+;7-,8-,9+,10+;8-,9+,10-;8-,9-,10-;8-,9+;8-,9-/m000010/s1. The predicted octanol–water partition coefficient (Wildman–Crippen LogP) is 14.2. The molecule has 0 heterocycles. The van der Waals surface area contributed by atoms with E-state index in [-0.39, 0.29) is 24.3 Å². The average molecular weight is 1020 g/mol. The van der Waals surface area contributed by atoms with E-state index in [9.17, 15) is 10.2 Å². The van der Waals surface area contributed by atoms with E-state index in [1.165, 1.54) is 89.9 Å². The van der Waals surface area contributed by atoms with Gasteiger partial charge in [0.25, 0.3) is 0 Å². The lowest BCUT2D eigenvalue weighted by molar-refractivity contribution is 0.0105. The summed E-state index contributed by atoms with van der Waals surface area (Å²) in [6.45, 7) is 50.4. The highest BCUT2D eigenvalue weighted by molar-refractivity contribution is 4.93. The van der Waals surface area contributed by atoms with E-state index in [0.717, 1.165) is 61.2 Å². The summed E-state index contributed by atoms with van der Waals surface area (Å²) >= 11 is 0. The molecule has 0 radical (unpaired) electrons. The van der Waals surface area contributed by atoms with Gasteiger partial charge in [0.05, 0.1) is 12.2 Å². The lowest BCUT2D eigenvalue weighted by Crippen LogP contribution is -2.47. The van der Waals surface area contributed by atoms with Gasteiger partial charge in [0.1, 0.15) is 0 Å². The summed E-state index contributed by atoms with van der Waals surface area (Å²) in [6.07, 6.45) is 21.6. The molecule has 6 aliphatic rings. The topological polar surface area (TPSA) is 197 Å². The minimum atomic E-state index is -0.293. The van der Waals surface area contributed by atoms with Crippen LogP contribution in [0.1, 0.15) is 268 Å². The lowest BCUT2D eigenvalue weighted by atomic mass is 9.67. The SMILES string of the molecule is CC(C)(C)[C@@H]1CCC[C@H](N)C1.CC(C)(C)[C@H]1CCC[C@H](N)C1.C[C@@H]1C[C@H](N)C[C@@H](C(C)(C)C)C1.C[C@@H]1C[C@H](N)C[C@H](C(C)(C)C)C1.C[C@H]1C[C@@H](C(C)(C)C)C[C@@H](N)[C@@H]1O.C[C@H]1C[C@H](C(C)(C)C)C[C@@H](N)[C@@H]1O. The molecule has 6 rings (SSSR count). The highest BCUT2D eigenvalue weighted by atomic mass is 16.3. The van der Waals surface area contributed by atoms with Crippen molar-refractivity contribution in [2.24, 2.45) is 126 Å². The van der Waals surface area contributed by atoms with Gasteiger partial charge in [-0.1, -0.05) is 165 Å². The molecule has 6 fully saturated rings. The number of rotatable bonds is 0. The molecule has 14 N–H and O–H groups in total. The maximum Gasteiger partial charge on any atom is 0.0716 e. The molecule has 0 amide bonds. The Morgan fingerprint density at radius 3 is 0.708 bits per heavy atom. The van der Waals surface area contributed by atoms with Crippen LogP contribution in [0.3, 0.4) is 0 Å². The minimum Gasteiger partial charge on any atom is -0.391 e. The Labute approximate surface area is 450 Å². The van der Waals surface area contributed by atoms with Crippen LogP contribution >= 0.6 is 0 Å². The summed E-state index contributed by atoms with van der Waals surface area (Å²) in [6, 6.07) is 1.83. The summed E-state index contributed by atoms with van der Waals surface area (Å²) in [5, 5.41) is 19.4. The van der Waals surface area contributed by atoms with Crippen LogP contribution in [0, 0.1) is 91.7 Å². The Morgan fingerprint density at radius 2 is 0.514 bits per heavy atom. The van der Waals surface area contributed by atoms with Crippen molar-refractivity contribution in [2.75, 3.05) is 0 Å². The third kappa shape index (κ3) is 26.4. The first kappa shape index (κ1) is 69.7. The number of hydrogen-bond donors (Lipinski definition) is 8. The maximum absolute atomic E-state index is 9.70. The number of nitrogens with two attached hydrogens (primary N) is 6. The summed E-state index contributed by atoms with van der Waals surface area (Å²) in [5.74, 6) is 7.05. The molecule has 0 aromatic heterocycles. The molecule has 0 aromatic carbocycles. The van der Waals surface area contributed by atoms with Crippen LogP contribution in [-0.2, 0) is 0 Å². The number of aliphatic hydroxyl groups is 2. The first-order chi connectivity index (χ1) is 32.4. The molecule has 0 spiro atoms. The van der Waals surface area contributed by atoms with Gasteiger partial charge in [-0.25, -0.2) is 0 Å². The second-order valence-electron chi connectivity index (χ2n) is 32.6. The van der Waals surface area contributed by atoms with Gasteiger partial charge in [-0.3, -0.25) is 0 Å². The van der Waals surface area contributed by atoms with Crippen LogP contribution in [0.15, 0.2) is 0 Å². The fourth-order valence-electron chi connectivity index (χ4n) is 13.3. The zero-order valence-corrected chi connectivity index (χ0v) is 52.5. The molecular weight excluding hydrogens is 885 g/mol. The number of aliphatic hydroxyl groups excluding tert-OH is 2. The molecule has 6 aliphatic carbocycles. The van der Waals surface area contributed by atoms with Crippen LogP contribution in [-0.4, -0.2) is 58.7 Å². The maximum atomic E-state index is 9.70. The Kier molecular flexibility index (Phi) is 28.6. The minimum absolute atomic E-state index is 0.0204. The second-order valence-corrected chi connectivity index (χ2v) is 32.6. The molecule has 18 atom stereocenters. The Balaban J connectivity index is 0.000000432. The molecule has 0 aliphatic heterocycles. The lowest BCUT2D eigenvalue weighted by Gasteiger charge is -2.42. The summed E-state index contributed by atoms with van der Waals surface area (Å²) < 4.78 is 0. The third-order valence-corrected chi connectivity index (χ3v) is 19.2. The Hall–Kier alpha value is -0.320. The highest BCUT2D eigenvalue weighted by Gasteiger charge is 2.39. The van der Waals surface area contributed by atoms with E-state index >= 15 is 0 Å². The molecule has 6 saturated carbocycles. The quantitative estimate of drug-likeness (QED) is 0.117. The normalized spacial score (nSPS) is 38.2. The molecule has 0 unspecified atom stereocenters. The molecule has 8 heteroatoms. The largest absolute Gasteiger partial charge is 0.391 e. The van der Waals surface area contributed by atoms with Crippen molar-refractivity contribution >= 4 is 0 Å². The van der Waals surface area contributed by atoms with Crippen molar-refractivity contribution in [3.8, 4) is 0 Å².